The lowest BCUT2D eigenvalue weighted by Gasteiger charge is -2.51. The summed E-state index contributed by atoms with van der Waals surface area (Å²) >= 11 is 4.38. The largest absolute Gasteiger partial charge is 0.421 e. The van der Waals surface area contributed by atoms with Crippen molar-refractivity contribution in [3.05, 3.63) is 54.1 Å². The van der Waals surface area contributed by atoms with E-state index in [0.717, 1.165) is 19.8 Å². The average molecular weight is 616 g/mol. The molecule has 41 heavy (non-hydrogen) atoms. The van der Waals surface area contributed by atoms with Crippen molar-refractivity contribution in [2.75, 3.05) is 51.4 Å². The molecular formula is C28H36F3N3O5S2. The molecule has 1 N–H and O–H groups in total. The first-order valence-corrected chi connectivity index (χ1v) is 15.5. The van der Waals surface area contributed by atoms with Crippen molar-refractivity contribution in [1.82, 2.24) is 9.21 Å². The van der Waals surface area contributed by atoms with Crippen LogP contribution in [0.15, 0.2) is 58.3 Å². The third-order valence-electron chi connectivity index (χ3n) is 8.62. The highest BCUT2D eigenvalue weighted by atomic mass is 32.2. The number of morpholine rings is 1. The normalized spacial score (nSPS) is 27.9. The van der Waals surface area contributed by atoms with Crippen LogP contribution in [-0.4, -0.2) is 99.6 Å². The van der Waals surface area contributed by atoms with E-state index in [1.807, 2.05) is 0 Å². The van der Waals surface area contributed by atoms with E-state index >= 15 is 0 Å². The smallest absolute Gasteiger partial charge is 0.381 e. The van der Waals surface area contributed by atoms with Crippen LogP contribution in [0.5, 0.6) is 0 Å². The molecule has 0 amide bonds. The fraction of sp³-hybridized carbons (Fsp3) is 0.571. The second kappa shape index (κ2) is 11.7. The maximum absolute atomic E-state index is 13.7. The zero-order valence-corrected chi connectivity index (χ0v) is 24.7. The van der Waals surface area contributed by atoms with Gasteiger partial charge in [0.2, 0.25) is 10.0 Å². The Morgan fingerprint density at radius 2 is 1.68 bits per heavy atom. The molecule has 3 saturated heterocycles. The fourth-order valence-electron chi connectivity index (χ4n) is 6.17. The topological polar surface area (TPSA) is 82.6 Å². The molecule has 2 unspecified atom stereocenters. The highest BCUT2D eigenvalue weighted by Crippen LogP contribution is 2.39. The second-order valence-corrected chi connectivity index (χ2v) is 13.6. The number of fused-ring (bicyclic) bond motifs is 2. The summed E-state index contributed by atoms with van der Waals surface area (Å²) in [5.41, 5.74) is -2.58. The molecule has 2 aromatic carbocycles. The molecule has 3 aliphatic rings. The van der Waals surface area contributed by atoms with Gasteiger partial charge >= 0.3 is 6.18 Å². The van der Waals surface area contributed by atoms with E-state index in [-0.39, 0.29) is 47.8 Å². The number of piperazine rings is 1. The van der Waals surface area contributed by atoms with E-state index < -0.39 is 21.8 Å². The van der Waals surface area contributed by atoms with Crippen LogP contribution in [0.25, 0.3) is 0 Å². The SMILES string of the molecule is COC1C[C@H]2COC[C@@H](C1)N2C[C@H]1CN(S(=O)(=O)c2ccccc2S)CCN1c1ccc(C(C)(O)C(F)(F)F)cc1. The number of anilines is 1. The van der Waals surface area contributed by atoms with Gasteiger partial charge in [0.25, 0.3) is 0 Å². The number of benzene rings is 2. The number of thiol groups is 1. The monoisotopic (exact) mass is 615 g/mol. The number of sulfonamides is 1. The molecule has 0 radical (unpaired) electrons. The Kier molecular flexibility index (Phi) is 8.70. The number of halogens is 3. The molecular weight excluding hydrogens is 579 g/mol. The van der Waals surface area contributed by atoms with Crippen LogP contribution in [-0.2, 0) is 25.1 Å². The number of aliphatic hydroxyl groups is 1. The Bertz CT molecular complexity index is 1310. The molecule has 8 nitrogen and oxygen atoms in total. The summed E-state index contributed by atoms with van der Waals surface area (Å²) in [7, 11) is -2.13. The summed E-state index contributed by atoms with van der Waals surface area (Å²) in [4.78, 5) is 4.94. The van der Waals surface area contributed by atoms with Crippen LogP contribution >= 0.6 is 12.6 Å². The van der Waals surface area contributed by atoms with Crippen LogP contribution in [0, 0.1) is 0 Å². The zero-order valence-electron chi connectivity index (χ0n) is 23.0. The number of rotatable bonds is 7. The lowest BCUT2D eigenvalue weighted by molar-refractivity contribution is -0.258. The minimum atomic E-state index is -4.82. The molecule has 0 spiro atoms. The van der Waals surface area contributed by atoms with Crippen LogP contribution in [0.3, 0.4) is 0 Å². The summed E-state index contributed by atoms with van der Waals surface area (Å²) in [5.74, 6) is 0. The van der Waals surface area contributed by atoms with Crippen LogP contribution < -0.4 is 4.90 Å². The quantitative estimate of drug-likeness (QED) is 0.462. The first kappa shape index (κ1) is 30.6. The molecule has 3 aliphatic heterocycles. The third kappa shape index (κ3) is 5.99. The van der Waals surface area contributed by atoms with Gasteiger partial charge in [-0.2, -0.15) is 17.5 Å². The lowest BCUT2D eigenvalue weighted by Crippen LogP contribution is -2.64. The summed E-state index contributed by atoms with van der Waals surface area (Å²) in [6.07, 6.45) is -3.09. The van der Waals surface area contributed by atoms with E-state index in [9.17, 15) is 26.7 Å². The number of piperidine rings is 1. The molecule has 5 atom stereocenters. The zero-order chi connectivity index (χ0) is 29.6. The Labute approximate surface area is 244 Å². The number of hydrogen-bond acceptors (Lipinski definition) is 8. The van der Waals surface area contributed by atoms with E-state index in [2.05, 4.69) is 22.4 Å². The first-order chi connectivity index (χ1) is 19.3. The van der Waals surface area contributed by atoms with Gasteiger partial charge in [-0.05, 0) is 49.6 Å². The van der Waals surface area contributed by atoms with E-state index in [0.29, 0.717) is 36.9 Å². The molecule has 0 aliphatic carbocycles. The van der Waals surface area contributed by atoms with Gasteiger partial charge in [0, 0.05) is 56.0 Å². The van der Waals surface area contributed by atoms with Crippen molar-refractivity contribution in [2.45, 2.75) is 65.6 Å². The minimum Gasteiger partial charge on any atom is -0.381 e. The highest BCUT2D eigenvalue weighted by molar-refractivity contribution is 7.90. The number of methoxy groups -OCH3 is 1. The molecule has 3 fully saturated rings. The van der Waals surface area contributed by atoms with Crippen molar-refractivity contribution < 1.29 is 36.2 Å². The predicted molar refractivity (Wildman–Crippen MR) is 151 cm³/mol. The van der Waals surface area contributed by atoms with Crippen LogP contribution in [0.4, 0.5) is 18.9 Å². The molecule has 5 rings (SSSR count). The van der Waals surface area contributed by atoms with Crippen LogP contribution in [0.1, 0.15) is 25.3 Å². The van der Waals surface area contributed by atoms with Crippen molar-refractivity contribution >= 4 is 28.3 Å². The second-order valence-electron chi connectivity index (χ2n) is 11.2. The van der Waals surface area contributed by atoms with E-state index in [1.54, 1.807) is 43.5 Å². The Morgan fingerprint density at radius 1 is 1.05 bits per heavy atom. The first-order valence-electron chi connectivity index (χ1n) is 13.6. The number of nitrogens with zero attached hydrogens (tertiary/aromatic N) is 3. The van der Waals surface area contributed by atoms with E-state index in [4.69, 9.17) is 9.47 Å². The minimum absolute atomic E-state index is 0.115. The molecule has 0 saturated carbocycles. The van der Waals surface area contributed by atoms with Gasteiger partial charge in [-0.3, -0.25) is 4.90 Å². The van der Waals surface area contributed by atoms with Crippen molar-refractivity contribution in [3.8, 4) is 0 Å². The van der Waals surface area contributed by atoms with Gasteiger partial charge < -0.3 is 19.5 Å². The summed E-state index contributed by atoms with van der Waals surface area (Å²) in [5, 5.41) is 10.1. The molecule has 13 heteroatoms. The average Bonchev–Trinajstić information content (AvgIpc) is 2.92. The van der Waals surface area contributed by atoms with Crippen molar-refractivity contribution in [3.63, 3.8) is 0 Å². The number of hydrogen-bond donors (Lipinski definition) is 2. The number of alkyl halides is 3. The van der Waals surface area contributed by atoms with Crippen LogP contribution in [0.2, 0.25) is 0 Å². The molecule has 0 aromatic heterocycles. The van der Waals surface area contributed by atoms with E-state index in [1.165, 1.54) is 16.4 Å². The highest BCUT2D eigenvalue weighted by Gasteiger charge is 2.51. The molecule has 3 heterocycles. The fourth-order valence-corrected chi connectivity index (χ4v) is 8.23. The Hall–Kier alpha value is -1.87. The molecule has 2 aromatic rings. The summed E-state index contributed by atoms with van der Waals surface area (Å²) in [6, 6.07) is 12.2. The third-order valence-corrected chi connectivity index (χ3v) is 11.1. The summed E-state index contributed by atoms with van der Waals surface area (Å²) < 4.78 is 80.6. The summed E-state index contributed by atoms with van der Waals surface area (Å²) in [6.45, 7) is 3.12. The Morgan fingerprint density at radius 3 is 2.27 bits per heavy atom. The number of ether oxygens (including phenoxy) is 2. The maximum Gasteiger partial charge on any atom is 0.421 e. The molecule has 226 valence electrons. The van der Waals surface area contributed by atoms with Gasteiger partial charge in [-0.15, -0.1) is 12.6 Å². The standard InChI is InChI=1S/C28H36F3N3O5S2/c1-27(35,28(29,30)31)19-7-9-20(10-8-19)33-12-11-32(41(36,37)26-6-4-3-5-25(26)40)15-23(33)16-34-21-13-24(38-2)14-22(34)18-39-17-21/h3-10,21-24,35,40H,11-18H2,1-2H3/t21-,22+,23-,24?,27?/m1/s1. The van der Waals surface area contributed by atoms with Gasteiger partial charge in [-0.1, -0.05) is 24.3 Å². The van der Waals surface area contributed by atoms with Crippen molar-refractivity contribution in [2.24, 2.45) is 0 Å². The van der Waals surface area contributed by atoms with Gasteiger partial charge in [0.15, 0.2) is 5.60 Å². The van der Waals surface area contributed by atoms with Gasteiger partial charge in [-0.25, -0.2) is 8.42 Å². The molecule has 2 bridgehead atoms. The lowest BCUT2D eigenvalue weighted by atomic mass is 9.91. The van der Waals surface area contributed by atoms with Gasteiger partial charge in [0.05, 0.1) is 30.3 Å². The Balaban J connectivity index is 1.44. The van der Waals surface area contributed by atoms with Crippen molar-refractivity contribution in [1.29, 1.82) is 0 Å². The van der Waals surface area contributed by atoms with Gasteiger partial charge in [0.1, 0.15) is 0 Å². The maximum atomic E-state index is 13.7. The predicted octanol–water partition coefficient (Wildman–Crippen LogP) is 3.50.